The molecule has 3 rings (SSSR count). The first-order valence-electron chi connectivity index (χ1n) is 8.80. The van der Waals surface area contributed by atoms with Crippen LogP contribution in [0.15, 0.2) is 76.8 Å². The third-order valence-corrected chi connectivity index (χ3v) is 5.17. The topological polar surface area (TPSA) is 62.1 Å². The first-order valence-corrected chi connectivity index (χ1v) is 10.3. The van der Waals surface area contributed by atoms with Gasteiger partial charge in [0.15, 0.2) is 0 Å². The average Bonchev–Trinajstić information content (AvgIpc) is 2.74. The monoisotopic (exact) mass is 500 g/mol. The molecule has 0 saturated heterocycles. The van der Waals surface area contributed by atoms with Crippen molar-refractivity contribution >= 4 is 56.8 Å². The molecule has 0 aliphatic heterocycles. The van der Waals surface area contributed by atoms with E-state index in [2.05, 4.69) is 21.2 Å². The minimum absolute atomic E-state index is 0.0216. The van der Waals surface area contributed by atoms with Gasteiger partial charge < -0.3 is 10.1 Å². The van der Waals surface area contributed by atoms with Crippen molar-refractivity contribution in [3.05, 3.63) is 97.9 Å². The molecule has 3 aromatic rings. The second kappa shape index (κ2) is 10.3. The zero-order chi connectivity index (χ0) is 21.5. The Bertz CT molecular complexity index is 1120. The standard InChI is InChI=1S/C23H15BrCl2N2O2/c24-21-12-16(3-10-22(21)30-14-15-1-4-18(25)5-2-15)11-17(13-27)23(29)28-20-8-6-19(26)7-9-20/h1-12H,14H2,(H,28,29)/b17-11-. The average molecular weight is 502 g/mol. The number of nitriles is 1. The maximum Gasteiger partial charge on any atom is 0.266 e. The predicted molar refractivity (Wildman–Crippen MR) is 124 cm³/mol. The fourth-order valence-corrected chi connectivity index (χ4v) is 3.28. The van der Waals surface area contributed by atoms with Crippen molar-refractivity contribution in [2.75, 3.05) is 5.32 Å². The van der Waals surface area contributed by atoms with Gasteiger partial charge in [-0.05, 0) is 81.7 Å². The van der Waals surface area contributed by atoms with Crippen LogP contribution in [0, 0.1) is 11.3 Å². The van der Waals surface area contributed by atoms with Gasteiger partial charge in [0, 0.05) is 15.7 Å². The second-order valence-corrected chi connectivity index (χ2v) is 7.96. The highest BCUT2D eigenvalue weighted by Crippen LogP contribution is 2.28. The quantitative estimate of drug-likeness (QED) is 0.295. The Morgan fingerprint density at radius 2 is 1.67 bits per heavy atom. The number of rotatable bonds is 6. The van der Waals surface area contributed by atoms with Crippen LogP contribution in [0.2, 0.25) is 10.0 Å². The molecule has 0 spiro atoms. The molecule has 0 aliphatic carbocycles. The molecule has 0 atom stereocenters. The molecule has 3 aromatic carbocycles. The van der Waals surface area contributed by atoms with E-state index in [9.17, 15) is 10.1 Å². The van der Waals surface area contributed by atoms with Gasteiger partial charge in [0.1, 0.15) is 24.0 Å². The molecule has 1 N–H and O–H groups in total. The van der Waals surface area contributed by atoms with Crippen molar-refractivity contribution in [3.63, 3.8) is 0 Å². The zero-order valence-corrected chi connectivity index (χ0v) is 18.6. The van der Waals surface area contributed by atoms with Crippen LogP contribution < -0.4 is 10.1 Å². The molecule has 0 aliphatic rings. The van der Waals surface area contributed by atoms with Gasteiger partial charge in [0.05, 0.1) is 4.47 Å². The zero-order valence-electron chi connectivity index (χ0n) is 15.5. The van der Waals surface area contributed by atoms with Gasteiger partial charge in [0.2, 0.25) is 0 Å². The Morgan fingerprint density at radius 1 is 1.03 bits per heavy atom. The summed E-state index contributed by atoms with van der Waals surface area (Å²) in [4.78, 5) is 12.4. The van der Waals surface area contributed by atoms with Gasteiger partial charge in [0.25, 0.3) is 5.91 Å². The lowest BCUT2D eigenvalue weighted by Gasteiger charge is -2.09. The number of carbonyl (C=O) groups is 1. The minimum Gasteiger partial charge on any atom is -0.488 e. The van der Waals surface area contributed by atoms with E-state index in [-0.39, 0.29) is 5.57 Å². The van der Waals surface area contributed by atoms with E-state index in [1.807, 2.05) is 30.3 Å². The summed E-state index contributed by atoms with van der Waals surface area (Å²) in [6.07, 6.45) is 1.51. The second-order valence-electron chi connectivity index (χ2n) is 6.24. The third kappa shape index (κ3) is 6.11. The lowest BCUT2D eigenvalue weighted by Crippen LogP contribution is -2.13. The van der Waals surface area contributed by atoms with Crippen molar-refractivity contribution in [1.29, 1.82) is 5.26 Å². The number of nitrogens with one attached hydrogen (secondary N) is 1. The molecule has 0 saturated carbocycles. The summed E-state index contributed by atoms with van der Waals surface area (Å²) in [5.41, 5.74) is 2.20. The van der Waals surface area contributed by atoms with Gasteiger partial charge in [-0.2, -0.15) is 5.26 Å². The highest BCUT2D eigenvalue weighted by atomic mass is 79.9. The van der Waals surface area contributed by atoms with Crippen molar-refractivity contribution in [2.45, 2.75) is 6.61 Å². The predicted octanol–water partition coefficient (Wildman–Crippen LogP) is 6.88. The summed E-state index contributed by atoms with van der Waals surface area (Å²) in [5, 5.41) is 13.3. The Labute approximate surface area is 192 Å². The summed E-state index contributed by atoms with van der Waals surface area (Å²) < 4.78 is 6.53. The fraction of sp³-hybridized carbons (Fsp3) is 0.0435. The number of amides is 1. The maximum atomic E-state index is 12.4. The molecular formula is C23H15BrCl2N2O2. The van der Waals surface area contributed by atoms with Crippen LogP contribution in [0.3, 0.4) is 0 Å². The lowest BCUT2D eigenvalue weighted by atomic mass is 10.1. The Kier molecular flexibility index (Phi) is 7.53. The number of carbonyl (C=O) groups excluding carboxylic acids is 1. The number of hydrogen-bond donors (Lipinski definition) is 1. The Balaban J connectivity index is 1.69. The lowest BCUT2D eigenvalue weighted by molar-refractivity contribution is -0.112. The van der Waals surface area contributed by atoms with Crippen LogP contribution in [-0.2, 0) is 11.4 Å². The first kappa shape index (κ1) is 21.9. The summed E-state index contributed by atoms with van der Waals surface area (Å²) in [6, 6.07) is 21.3. The molecule has 4 nitrogen and oxygen atoms in total. The van der Waals surface area contributed by atoms with Gasteiger partial charge in [-0.1, -0.05) is 41.4 Å². The minimum atomic E-state index is -0.501. The van der Waals surface area contributed by atoms with Crippen molar-refractivity contribution in [2.24, 2.45) is 0 Å². The van der Waals surface area contributed by atoms with Crippen LogP contribution in [0.4, 0.5) is 5.69 Å². The highest BCUT2D eigenvalue weighted by molar-refractivity contribution is 9.10. The van der Waals surface area contributed by atoms with Crippen molar-refractivity contribution in [3.8, 4) is 11.8 Å². The van der Waals surface area contributed by atoms with Gasteiger partial charge in [-0.3, -0.25) is 4.79 Å². The molecule has 7 heteroatoms. The van der Waals surface area contributed by atoms with Gasteiger partial charge >= 0.3 is 0 Å². The van der Waals surface area contributed by atoms with Crippen molar-refractivity contribution < 1.29 is 9.53 Å². The van der Waals surface area contributed by atoms with E-state index in [1.54, 1.807) is 42.5 Å². The number of benzene rings is 3. The van der Waals surface area contributed by atoms with Crippen LogP contribution in [0.1, 0.15) is 11.1 Å². The molecule has 0 fully saturated rings. The van der Waals surface area contributed by atoms with Crippen LogP contribution >= 0.6 is 39.1 Å². The molecular weight excluding hydrogens is 487 g/mol. The number of nitrogens with zero attached hydrogens (tertiary/aromatic N) is 1. The SMILES string of the molecule is N#C/C(=C/c1ccc(OCc2ccc(Cl)cc2)c(Br)c1)C(=O)Nc1ccc(Cl)cc1. The molecule has 0 radical (unpaired) electrons. The fourth-order valence-electron chi connectivity index (χ4n) is 2.51. The Hall–Kier alpha value is -2.78. The molecule has 150 valence electrons. The number of ether oxygens (including phenoxy) is 1. The van der Waals surface area contributed by atoms with Crippen LogP contribution in [-0.4, -0.2) is 5.91 Å². The summed E-state index contributed by atoms with van der Waals surface area (Å²) >= 11 is 15.2. The van der Waals surface area contributed by atoms with E-state index >= 15 is 0 Å². The van der Waals surface area contributed by atoms with E-state index in [1.165, 1.54) is 6.08 Å². The molecule has 0 aromatic heterocycles. The normalized spacial score (nSPS) is 10.9. The highest BCUT2D eigenvalue weighted by Gasteiger charge is 2.11. The number of anilines is 1. The molecule has 0 heterocycles. The van der Waals surface area contributed by atoms with Crippen molar-refractivity contribution in [1.82, 2.24) is 0 Å². The van der Waals surface area contributed by atoms with E-state index in [0.29, 0.717) is 38.1 Å². The maximum absolute atomic E-state index is 12.4. The van der Waals surface area contributed by atoms with Crippen LogP contribution in [0.5, 0.6) is 5.75 Å². The summed E-state index contributed by atoms with van der Waals surface area (Å²) in [6.45, 7) is 0.387. The van der Waals surface area contributed by atoms with Crippen LogP contribution in [0.25, 0.3) is 6.08 Å². The third-order valence-electron chi connectivity index (χ3n) is 4.04. The number of halogens is 3. The van der Waals surface area contributed by atoms with E-state index in [4.69, 9.17) is 27.9 Å². The van der Waals surface area contributed by atoms with Gasteiger partial charge in [-0.25, -0.2) is 0 Å². The number of hydrogen-bond acceptors (Lipinski definition) is 3. The smallest absolute Gasteiger partial charge is 0.266 e. The Morgan fingerprint density at radius 3 is 2.27 bits per heavy atom. The summed E-state index contributed by atoms with van der Waals surface area (Å²) in [5.74, 6) is 0.144. The van der Waals surface area contributed by atoms with E-state index < -0.39 is 5.91 Å². The molecule has 1 amide bonds. The molecule has 30 heavy (non-hydrogen) atoms. The molecule has 0 bridgehead atoms. The summed E-state index contributed by atoms with van der Waals surface area (Å²) in [7, 11) is 0. The largest absolute Gasteiger partial charge is 0.488 e. The van der Waals surface area contributed by atoms with E-state index in [0.717, 1.165) is 5.56 Å². The van der Waals surface area contributed by atoms with Gasteiger partial charge in [-0.15, -0.1) is 0 Å². The molecule has 0 unspecified atom stereocenters. The first-order chi connectivity index (χ1) is 14.4.